The molecule has 0 fully saturated rings. The van der Waals surface area contributed by atoms with Crippen LogP contribution in [0.2, 0.25) is 0 Å². The van der Waals surface area contributed by atoms with Crippen LogP contribution in [-0.2, 0) is 9.59 Å². The maximum Gasteiger partial charge on any atom is 0.308 e. The Morgan fingerprint density at radius 1 is 0.686 bits per heavy atom. The van der Waals surface area contributed by atoms with Crippen LogP contribution in [0.4, 0.5) is 0 Å². The molecule has 0 atom stereocenters. The number of aryl methyl sites for hydroxylation is 2. The molecular formula is C28H24O7. The number of methoxy groups -OCH3 is 2. The second kappa shape index (κ2) is 8.20. The van der Waals surface area contributed by atoms with Gasteiger partial charge in [0.2, 0.25) is 0 Å². The molecule has 1 aliphatic heterocycles. The monoisotopic (exact) mass is 472 g/mol. The Morgan fingerprint density at radius 2 is 1.34 bits per heavy atom. The molecular weight excluding hydrogens is 448 g/mol. The van der Waals surface area contributed by atoms with Crippen molar-refractivity contribution in [2.24, 2.45) is 0 Å². The summed E-state index contributed by atoms with van der Waals surface area (Å²) in [7, 11) is 3.27. The van der Waals surface area contributed by atoms with E-state index < -0.39 is 11.9 Å². The predicted molar refractivity (Wildman–Crippen MR) is 132 cm³/mol. The zero-order chi connectivity index (χ0) is 25.0. The zero-order valence-electron chi connectivity index (χ0n) is 20.3. The molecule has 0 aliphatic carbocycles. The Bertz CT molecular complexity index is 1570. The van der Waals surface area contributed by atoms with E-state index in [0.717, 1.165) is 38.8 Å². The van der Waals surface area contributed by atoms with E-state index in [1.165, 1.54) is 13.8 Å². The first kappa shape index (κ1) is 22.5. The quantitative estimate of drug-likeness (QED) is 0.226. The van der Waals surface area contributed by atoms with Crippen LogP contribution in [0.15, 0.2) is 36.4 Å². The van der Waals surface area contributed by atoms with Crippen LogP contribution in [-0.4, -0.2) is 26.2 Å². The van der Waals surface area contributed by atoms with Gasteiger partial charge in [-0.1, -0.05) is 0 Å². The highest BCUT2D eigenvalue weighted by atomic mass is 16.5. The first-order valence-corrected chi connectivity index (χ1v) is 11.1. The van der Waals surface area contributed by atoms with Gasteiger partial charge in [0.05, 0.1) is 25.0 Å². The fraction of sp³-hybridized carbons (Fsp3) is 0.214. The SMILES string of the molecule is COc1c(C)cc(OC)c2c3c(ccc12)-c1ccc(OC(C)=O)c2c(OC(C)=O)cc(C)c(c12)O3. The average Bonchev–Trinajstić information content (AvgIpc) is 2.80. The number of hydrogen-bond donors (Lipinski definition) is 0. The first-order chi connectivity index (χ1) is 16.7. The van der Waals surface area contributed by atoms with E-state index in [1.807, 2.05) is 38.1 Å². The minimum absolute atomic E-state index is 0.288. The zero-order valence-corrected chi connectivity index (χ0v) is 20.3. The van der Waals surface area contributed by atoms with Crippen molar-refractivity contribution in [1.29, 1.82) is 0 Å². The summed E-state index contributed by atoms with van der Waals surface area (Å²) in [6, 6.07) is 11.2. The molecule has 0 radical (unpaired) electrons. The van der Waals surface area contributed by atoms with E-state index in [-0.39, 0.29) is 5.75 Å². The lowest BCUT2D eigenvalue weighted by molar-refractivity contribution is -0.132. The van der Waals surface area contributed by atoms with Crippen molar-refractivity contribution in [3.8, 4) is 45.6 Å². The van der Waals surface area contributed by atoms with E-state index in [0.29, 0.717) is 33.8 Å². The molecule has 0 saturated heterocycles. The number of carbonyl (C=O) groups is 2. The third kappa shape index (κ3) is 3.43. The third-order valence-electron chi connectivity index (χ3n) is 6.13. The Morgan fingerprint density at radius 3 is 2.00 bits per heavy atom. The predicted octanol–water partition coefficient (Wildman–Crippen LogP) is 6.25. The molecule has 0 amide bonds. The van der Waals surface area contributed by atoms with Crippen LogP contribution in [0.5, 0.6) is 34.5 Å². The number of rotatable bonds is 4. The van der Waals surface area contributed by atoms with Crippen LogP contribution in [0, 0.1) is 13.8 Å². The maximum absolute atomic E-state index is 11.9. The van der Waals surface area contributed by atoms with E-state index in [2.05, 4.69) is 0 Å². The van der Waals surface area contributed by atoms with E-state index in [9.17, 15) is 9.59 Å². The van der Waals surface area contributed by atoms with Crippen LogP contribution >= 0.6 is 0 Å². The normalized spacial score (nSPS) is 11.6. The molecule has 0 N–H and O–H groups in total. The molecule has 1 heterocycles. The highest BCUT2D eigenvalue weighted by molar-refractivity contribution is 6.14. The average molecular weight is 472 g/mol. The Labute approximate surface area is 202 Å². The summed E-state index contributed by atoms with van der Waals surface area (Å²) in [6.45, 7) is 6.50. The van der Waals surface area contributed by atoms with Crippen molar-refractivity contribution in [1.82, 2.24) is 0 Å². The Kier molecular flexibility index (Phi) is 5.28. The van der Waals surface area contributed by atoms with Gasteiger partial charge in [-0.2, -0.15) is 0 Å². The molecule has 7 nitrogen and oxygen atoms in total. The standard InChI is InChI=1S/C28H24O7/c1-13-11-21(31-5)23-19(26(13)32-6)8-7-18-17-9-10-20(33-15(3)29)25-22(34-16(4)30)12-14(2)27(24(17)25)35-28(18)23/h7-12H,1-6H3. The van der Waals surface area contributed by atoms with Crippen molar-refractivity contribution in [3.63, 3.8) is 0 Å². The highest BCUT2D eigenvalue weighted by Crippen LogP contribution is 2.56. The van der Waals surface area contributed by atoms with Crippen LogP contribution in [0.1, 0.15) is 25.0 Å². The summed E-state index contributed by atoms with van der Waals surface area (Å²) in [5.41, 5.74) is 3.39. The van der Waals surface area contributed by atoms with Gasteiger partial charge in [-0.3, -0.25) is 9.59 Å². The summed E-state index contributed by atoms with van der Waals surface area (Å²) >= 11 is 0. The number of hydrogen-bond acceptors (Lipinski definition) is 7. The molecule has 178 valence electrons. The van der Waals surface area contributed by atoms with E-state index >= 15 is 0 Å². The summed E-state index contributed by atoms with van der Waals surface area (Å²) in [6.07, 6.45) is 0. The molecule has 7 heteroatoms. The number of fused-ring (bicyclic) bond motifs is 4. The van der Waals surface area contributed by atoms with Crippen LogP contribution in [0.25, 0.3) is 32.7 Å². The molecule has 0 spiro atoms. The van der Waals surface area contributed by atoms with Crippen molar-refractivity contribution in [2.45, 2.75) is 27.7 Å². The lowest BCUT2D eigenvalue weighted by Crippen LogP contribution is -2.08. The first-order valence-electron chi connectivity index (χ1n) is 11.1. The second-order valence-corrected chi connectivity index (χ2v) is 8.47. The minimum Gasteiger partial charge on any atom is -0.496 e. The molecule has 5 rings (SSSR count). The lowest BCUT2D eigenvalue weighted by Gasteiger charge is -2.27. The largest absolute Gasteiger partial charge is 0.496 e. The summed E-state index contributed by atoms with van der Waals surface area (Å²) < 4.78 is 29.0. The van der Waals surface area contributed by atoms with Gasteiger partial charge in [-0.05, 0) is 66.9 Å². The van der Waals surface area contributed by atoms with Crippen molar-refractivity contribution in [3.05, 3.63) is 47.5 Å². The van der Waals surface area contributed by atoms with E-state index in [1.54, 1.807) is 26.4 Å². The molecule has 0 unspecified atom stereocenters. The van der Waals surface area contributed by atoms with Crippen LogP contribution < -0.4 is 23.7 Å². The number of esters is 2. The Hall–Kier alpha value is -4.26. The minimum atomic E-state index is -0.480. The summed E-state index contributed by atoms with van der Waals surface area (Å²) in [5, 5.41) is 2.85. The Balaban J connectivity index is 1.91. The van der Waals surface area contributed by atoms with Gasteiger partial charge in [-0.25, -0.2) is 0 Å². The molecule has 0 aromatic heterocycles. The molecule has 1 aliphatic rings. The van der Waals surface area contributed by atoms with Crippen molar-refractivity contribution < 1.29 is 33.3 Å². The fourth-order valence-electron chi connectivity index (χ4n) is 4.84. The van der Waals surface area contributed by atoms with Gasteiger partial charge in [0.1, 0.15) is 34.5 Å². The number of benzene rings is 4. The highest BCUT2D eigenvalue weighted by Gasteiger charge is 2.30. The summed E-state index contributed by atoms with van der Waals surface area (Å²) in [5.74, 6) is 2.26. The fourth-order valence-corrected chi connectivity index (χ4v) is 4.84. The van der Waals surface area contributed by atoms with Crippen LogP contribution in [0.3, 0.4) is 0 Å². The number of carbonyl (C=O) groups excluding carboxylic acids is 2. The van der Waals surface area contributed by atoms with Crippen molar-refractivity contribution >= 4 is 33.5 Å². The van der Waals surface area contributed by atoms with Gasteiger partial charge >= 0.3 is 11.9 Å². The molecule has 0 bridgehead atoms. The molecule has 4 aromatic rings. The second-order valence-electron chi connectivity index (χ2n) is 8.47. The number of ether oxygens (including phenoxy) is 5. The van der Waals surface area contributed by atoms with Gasteiger partial charge in [0.15, 0.2) is 0 Å². The molecule has 0 saturated carbocycles. The third-order valence-corrected chi connectivity index (χ3v) is 6.13. The van der Waals surface area contributed by atoms with Crippen molar-refractivity contribution in [2.75, 3.05) is 14.2 Å². The molecule has 35 heavy (non-hydrogen) atoms. The van der Waals surface area contributed by atoms with Gasteiger partial charge in [0, 0.05) is 30.2 Å². The smallest absolute Gasteiger partial charge is 0.308 e. The molecule has 4 aromatic carbocycles. The van der Waals surface area contributed by atoms with Gasteiger partial charge in [0.25, 0.3) is 0 Å². The van der Waals surface area contributed by atoms with Gasteiger partial charge < -0.3 is 23.7 Å². The maximum atomic E-state index is 11.9. The topological polar surface area (TPSA) is 80.3 Å². The summed E-state index contributed by atoms with van der Waals surface area (Å²) in [4.78, 5) is 23.7. The van der Waals surface area contributed by atoms with E-state index in [4.69, 9.17) is 23.7 Å². The lowest BCUT2D eigenvalue weighted by atomic mass is 9.89. The van der Waals surface area contributed by atoms with Gasteiger partial charge in [-0.15, -0.1) is 0 Å².